The van der Waals surface area contributed by atoms with Gasteiger partial charge in [0.15, 0.2) is 17.4 Å². The van der Waals surface area contributed by atoms with E-state index in [1.807, 2.05) is 0 Å². The molecule has 0 saturated heterocycles. The van der Waals surface area contributed by atoms with Gasteiger partial charge in [-0.1, -0.05) is 0 Å². The summed E-state index contributed by atoms with van der Waals surface area (Å²) in [5.41, 5.74) is 0. The van der Waals surface area contributed by atoms with Gasteiger partial charge in [0.05, 0.1) is 0 Å². The van der Waals surface area contributed by atoms with E-state index in [-0.39, 0.29) is 93.0 Å². The van der Waals surface area contributed by atoms with Crippen LogP contribution in [-0.2, 0) is 15.0 Å². The van der Waals surface area contributed by atoms with Crippen molar-refractivity contribution in [3.05, 3.63) is 0 Å². The predicted octanol–water partition coefficient (Wildman–Crippen LogP) is -3.84. The standard InChI is InChI=1S/Al.H3O4P.H2O4S.Pb.Sr.7H/c;2*1-5(2,3)4;;;;;;;;;/h;(H3,1,2,3,4);(H2,1,2,3,4);;;;;;;;;/q;;;;+2;;;;;;2*-1. The summed E-state index contributed by atoms with van der Waals surface area (Å²) >= 11 is 0. The third-order valence-electron chi connectivity index (χ3n) is 0. The van der Waals surface area contributed by atoms with Gasteiger partial charge >= 0.3 is 91.0 Å². The van der Waals surface area contributed by atoms with Crippen molar-refractivity contribution in [2.45, 2.75) is 0 Å². The van der Waals surface area contributed by atoms with Crippen LogP contribution in [0, 0.1) is 0 Å². The molecule has 13 heteroatoms. The predicted molar refractivity (Wildman–Crippen MR) is 54.9 cm³/mol. The number of phosphoric acid groups is 1. The van der Waals surface area contributed by atoms with E-state index in [0.29, 0.717) is 0 Å². The molecule has 8 nitrogen and oxygen atoms in total. The monoisotopic (exact) mass is 526 g/mol. The molecule has 0 saturated carbocycles. The fourth-order valence-corrected chi connectivity index (χ4v) is 0. The van der Waals surface area contributed by atoms with Gasteiger partial charge in [-0.3, -0.25) is 9.11 Å². The fraction of sp³-hybridized carbons (Fsp3) is 0. The van der Waals surface area contributed by atoms with Gasteiger partial charge in [-0.15, -0.1) is 0 Å². The van der Waals surface area contributed by atoms with E-state index in [4.69, 9.17) is 36.8 Å². The van der Waals surface area contributed by atoms with Crippen molar-refractivity contribution in [2.24, 2.45) is 0 Å². The first-order chi connectivity index (χ1) is 4.00. The molecule has 0 rings (SSSR count). The van der Waals surface area contributed by atoms with Crippen LogP contribution in [0.5, 0.6) is 0 Å². The summed E-state index contributed by atoms with van der Waals surface area (Å²) in [5.74, 6) is 0. The Morgan fingerprint density at radius 2 is 1.08 bits per heavy atom. The first-order valence-corrected chi connectivity index (χ1v) is 4.44. The van der Waals surface area contributed by atoms with Crippen LogP contribution in [0.25, 0.3) is 0 Å². The maximum Gasteiger partial charge on any atom is 2.00 e. The van der Waals surface area contributed by atoms with Crippen LogP contribution in [0.3, 0.4) is 0 Å². The van der Waals surface area contributed by atoms with Crippen LogP contribution in [0.15, 0.2) is 0 Å². The first-order valence-electron chi connectivity index (χ1n) is 1.48. The first kappa shape index (κ1) is 29.7. The Morgan fingerprint density at radius 1 is 1.08 bits per heavy atom. The van der Waals surface area contributed by atoms with Gasteiger partial charge in [-0.05, 0) is 0 Å². The summed E-state index contributed by atoms with van der Waals surface area (Å²) in [6.45, 7) is 0. The van der Waals surface area contributed by atoms with Crippen LogP contribution < -0.4 is 0 Å². The zero-order valence-electron chi connectivity index (χ0n) is 7.73. The van der Waals surface area contributed by atoms with E-state index in [2.05, 4.69) is 0 Å². The molecule has 0 aliphatic carbocycles. The van der Waals surface area contributed by atoms with Crippen molar-refractivity contribution in [3.8, 4) is 0 Å². The molecule has 0 fully saturated rings. The van der Waals surface area contributed by atoms with Crippen molar-refractivity contribution in [1.29, 1.82) is 0 Å². The summed E-state index contributed by atoms with van der Waals surface area (Å²) < 4.78 is 40.5. The topological polar surface area (TPSA) is 152 Å². The molecule has 5 N–H and O–H groups in total. The molecule has 13 heavy (non-hydrogen) atoms. The van der Waals surface area contributed by atoms with Crippen molar-refractivity contribution in [1.82, 2.24) is 0 Å². The summed E-state index contributed by atoms with van der Waals surface area (Å²) in [6.07, 6.45) is 0. The third-order valence-corrected chi connectivity index (χ3v) is 0. The van der Waals surface area contributed by atoms with E-state index < -0.39 is 18.2 Å². The minimum atomic E-state index is -4.67. The van der Waals surface area contributed by atoms with E-state index >= 15 is 0 Å². The molecule has 0 aromatic rings. The molecule has 0 unspecified atom stereocenters. The van der Waals surface area contributed by atoms with Crippen molar-refractivity contribution in [3.63, 3.8) is 0 Å². The average Bonchev–Trinajstić information content (AvgIpc) is 1.12. The normalized spacial score (nSPS) is 9.00. The summed E-state index contributed by atoms with van der Waals surface area (Å²) in [4.78, 5) is 21.6. The van der Waals surface area contributed by atoms with Crippen LogP contribution in [0.4, 0.5) is 0 Å². The fourth-order valence-electron chi connectivity index (χ4n) is 0. The quantitative estimate of drug-likeness (QED) is 0.123. The molecule has 0 heterocycles. The van der Waals surface area contributed by atoms with Gasteiger partial charge in [0.1, 0.15) is 0 Å². The molecule has 80 valence electrons. The molecular weight excluding hydrogens is 513 g/mol. The maximum absolute atomic E-state index is 8.88. The SMILES string of the molecule is O=P(O)(O)O.O=S(=O)(O)O.[AlH3].[H-].[H-].[PbH2].[Sr+2]. The number of hydrogen-bond acceptors (Lipinski definition) is 3. The van der Waals surface area contributed by atoms with E-state index in [1.54, 1.807) is 0 Å². The molecule has 0 amide bonds. The molecular formula is H12AlO8PPbSSr. The third kappa shape index (κ3) is 293. The van der Waals surface area contributed by atoms with Gasteiger partial charge in [0, 0.05) is 0 Å². The molecule has 0 spiro atoms. The Kier molecular flexibility index (Phi) is 29.7. The average molecular weight is 525 g/mol. The van der Waals surface area contributed by atoms with Crippen LogP contribution >= 0.6 is 7.82 Å². The van der Waals surface area contributed by atoms with Gasteiger partial charge in [0.25, 0.3) is 0 Å². The second kappa shape index (κ2) is 13.0. The zero-order chi connectivity index (χ0) is 9.00. The zero-order valence-corrected chi connectivity index (χ0v) is 16.4. The minimum absolute atomic E-state index is 0. The molecule has 0 aliphatic rings. The van der Waals surface area contributed by atoms with E-state index in [0.717, 1.165) is 0 Å². The van der Waals surface area contributed by atoms with Gasteiger partial charge in [0.2, 0.25) is 0 Å². The minimum Gasteiger partial charge on any atom is 2.00 e. The van der Waals surface area contributed by atoms with Crippen LogP contribution in [0.1, 0.15) is 2.85 Å². The smallest absolute Gasteiger partial charge is 2.00 e. The van der Waals surface area contributed by atoms with Crippen molar-refractivity contribution in [2.75, 3.05) is 0 Å². The Bertz CT molecular complexity index is 211. The van der Waals surface area contributed by atoms with Gasteiger partial charge < -0.3 is 17.5 Å². The van der Waals surface area contributed by atoms with Gasteiger partial charge in [-0.25, -0.2) is 4.57 Å². The second-order valence-electron chi connectivity index (χ2n) is 0.961. The number of rotatable bonds is 0. The molecule has 0 bridgehead atoms. The van der Waals surface area contributed by atoms with Crippen molar-refractivity contribution < 1.29 is 39.6 Å². The molecule has 0 atom stereocenters. The largest absolute Gasteiger partial charge is 2.00 e. The summed E-state index contributed by atoms with van der Waals surface area (Å²) in [6, 6.07) is 0. The summed E-state index contributed by atoms with van der Waals surface area (Å²) in [5, 5.41) is 0. The summed E-state index contributed by atoms with van der Waals surface area (Å²) in [7, 11) is -9.31. The Hall–Kier alpha value is 2.92. The molecule has 0 aromatic carbocycles. The van der Waals surface area contributed by atoms with E-state index in [9.17, 15) is 0 Å². The molecule has 0 aromatic heterocycles. The van der Waals surface area contributed by atoms with Crippen LogP contribution in [0.2, 0.25) is 0 Å². The molecule has 2 radical (unpaired) electrons. The molecule has 0 aliphatic heterocycles. The van der Waals surface area contributed by atoms with Crippen LogP contribution in [-0.4, -0.2) is 122 Å². The van der Waals surface area contributed by atoms with Gasteiger partial charge in [-0.2, -0.15) is 8.42 Å². The number of hydrogen-bond donors (Lipinski definition) is 5. The Labute approximate surface area is 145 Å². The maximum atomic E-state index is 8.88. The second-order valence-corrected chi connectivity index (χ2v) is 2.88. The van der Waals surface area contributed by atoms with Crippen molar-refractivity contribution >= 4 is 108 Å². The van der Waals surface area contributed by atoms with E-state index in [1.165, 1.54) is 0 Å². The Balaban J connectivity index is -0.0000000128. The Morgan fingerprint density at radius 3 is 1.08 bits per heavy atom.